The largest absolute Gasteiger partial charge is 0.454 e. The van der Waals surface area contributed by atoms with Crippen molar-refractivity contribution in [1.82, 2.24) is 9.38 Å². The number of hydrogen-bond donors (Lipinski definition) is 1. The van der Waals surface area contributed by atoms with Crippen LogP contribution in [0.5, 0.6) is 11.5 Å². The molecule has 20 heavy (non-hydrogen) atoms. The van der Waals surface area contributed by atoms with E-state index in [-0.39, 0.29) is 0 Å². The summed E-state index contributed by atoms with van der Waals surface area (Å²) in [5.41, 5.74) is 2.08. The molecule has 0 aliphatic carbocycles. The van der Waals surface area contributed by atoms with Crippen LogP contribution < -0.4 is 14.8 Å². The minimum absolute atomic E-state index is 0.306. The van der Waals surface area contributed by atoms with Gasteiger partial charge in [-0.1, -0.05) is 12.1 Å². The van der Waals surface area contributed by atoms with Crippen LogP contribution >= 0.6 is 0 Å². The molecule has 100 valence electrons. The smallest absolute Gasteiger partial charge is 0.231 e. The van der Waals surface area contributed by atoms with Gasteiger partial charge in [0.05, 0.1) is 0 Å². The molecule has 0 fully saturated rings. The minimum Gasteiger partial charge on any atom is -0.454 e. The molecule has 0 spiro atoms. The molecule has 0 atom stereocenters. The van der Waals surface area contributed by atoms with Crippen LogP contribution in [-0.4, -0.2) is 16.2 Å². The Bertz CT molecular complexity index is 767. The molecular weight excluding hydrogens is 254 g/mol. The summed E-state index contributed by atoms with van der Waals surface area (Å²) in [6.07, 6.45) is 3.73. The number of rotatable bonds is 3. The molecule has 0 saturated heterocycles. The average molecular weight is 267 g/mol. The fourth-order valence-corrected chi connectivity index (χ4v) is 2.34. The van der Waals surface area contributed by atoms with E-state index in [0.29, 0.717) is 13.3 Å². The maximum Gasteiger partial charge on any atom is 0.231 e. The van der Waals surface area contributed by atoms with Crippen molar-refractivity contribution in [2.45, 2.75) is 6.54 Å². The number of fused-ring (bicyclic) bond motifs is 2. The normalized spacial score (nSPS) is 12.8. The lowest BCUT2D eigenvalue weighted by Crippen LogP contribution is -2.03. The number of hydrogen-bond acceptors (Lipinski definition) is 4. The lowest BCUT2D eigenvalue weighted by Gasteiger charge is -2.09. The van der Waals surface area contributed by atoms with Gasteiger partial charge >= 0.3 is 0 Å². The zero-order valence-electron chi connectivity index (χ0n) is 10.7. The fraction of sp³-hybridized carbons (Fsp3) is 0.133. The van der Waals surface area contributed by atoms with Crippen LogP contribution in [0.15, 0.2) is 48.8 Å². The van der Waals surface area contributed by atoms with Gasteiger partial charge in [0.2, 0.25) is 6.79 Å². The maximum absolute atomic E-state index is 5.38. The summed E-state index contributed by atoms with van der Waals surface area (Å²) in [6.45, 7) is 1.02. The first kappa shape index (κ1) is 11.2. The number of benzene rings is 1. The van der Waals surface area contributed by atoms with E-state index in [1.54, 1.807) is 6.20 Å². The summed E-state index contributed by atoms with van der Waals surface area (Å²) >= 11 is 0. The van der Waals surface area contributed by atoms with Crippen molar-refractivity contribution in [3.05, 3.63) is 54.4 Å². The predicted molar refractivity (Wildman–Crippen MR) is 75.1 cm³/mol. The second kappa shape index (κ2) is 4.45. The third-order valence-corrected chi connectivity index (χ3v) is 3.34. The molecule has 0 bridgehead atoms. The molecule has 2 aromatic heterocycles. The van der Waals surface area contributed by atoms with E-state index < -0.39 is 0 Å². The number of anilines is 1. The molecule has 1 aliphatic rings. The van der Waals surface area contributed by atoms with Gasteiger partial charge in [0, 0.05) is 18.9 Å². The van der Waals surface area contributed by atoms with E-state index in [0.717, 1.165) is 28.5 Å². The molecule has 0 amide bonds. The van der Waals surface area contributed by atoms with Crippen LogP contribution in [-0.2, 0) is 6.54 Å². The third-order valence-electron chi connectivity index (χ3n) is 3.34. The molecule has 0 saturated carbocycles. The summed E-state index contributed by atoms with van der Waals surface area (Å²) in [5, 5.41) is 3.41. The summed E-state index contributed by atoms with van der Waals surface area (Å²) < 4.78 is 12.7. The molecule has 3 aromatic rings. The second-order valence-electron chi connectivity index (χ2n) is 4.61. The maximum atomic E-state index is 5.38. The topological polar surface area (TPSA) is 47.8 Å². The van der Waals surface area contributed by atoms with Crippen LogP contribution in [0, 0.1) is 0 Å². The third kappa shape index (κ3) is 1.84. The SMILES string of the molecule is c1cc(NCc2ccc3c(c2)OCO3)n2ccnc2c1. The van der Waals surface area contributed by atoms with E-state index in [9.17, 15) is 0 Å². The van der Waals surface area contributed by atoms with Gasteiger partial charge in [-0.05, 0) is 29.8 Å². The van der Waals surface area contributed by atoms with Crippen LogP contribution in [0.4, 0.5) is 5.82 Å². The molecule has 5 nitrogen and oxygen atoms in total. The summed E-state index contributed by atoms with van der Waals surface area (Å²) in [4.78, 5) is 4.27. The van der Waals surface area contributed by atoms with Crippen molar-refractivity contribution < 1.29 is 9.47 Å². The summed E-state index contributed by atoms with van der Waals surface area (Å²) in [5.74, 6) is 2.63. The number of nitrogens with one attached hydrogen (secondary N) is 1. The van der Waals surface area contributed by atoms with Crippen LogP contribution in [0.25, 0.3) is 5.65 Å². The highest BCUT2D eigenvalue weighted by molar-refractivity contribution is 5.51. The Morgan fingerprint density at radius 3 is 3.10 bits per heavy atom. The summed E-state index contributed by atoms with van der Waals surface area (Å²) in [7, 11) is 0. The first-order valence-corrected chi connectivity index (χ1v) is 6.45. The zero-order valence-corrected chi connectivity index (χ0v) is 10.7. The van der Waals surface area contributed by atoms with E-state index in [1.165, 1.54) is 0 Å². The Hall–Kier alpha value is -2.69. The van der Waals surface area contributed by atoms with Gasteiger partial charge in [0.1, 0.15) is 11.5 Å². The highest BCUT2D eigenvalue weighted by Gasteiger charge is 2.13. The van der Waals surface area contributed by atoms with E-state index in [1.807, 2.05) is 47.0 Å². The van der Waals surface area contributed by atoms with Crippen molar-refractivity contribution in [2.24, 2.45) is 0 Å². The predicted octanol–water partition coefficient (Wildman–Crippen LogP) is 2.68. The average Bonchev–Trinajstić information content (AvgIpc) is 3.13. The Kier molecular flexibility index (Phi) is 2.48. The molecule has 5 heteroatoms. The number of pyridine rings is 1. The minimum atomic E-state index is 0.306. The van der Waals surface area contributed by atoms with Gasteiger partial charge in [0.25, 0.3) is 0 Å². The highest BCUT2D eigenvalue weighted by atomic mass is 16.7. The fourth-order valence-electron chi connectivity index (χ4n) is 2.34. The highest BCUT2D eigenvalue weighted by Crippen LogP contribution is 2.32. The van der Waals surface area contributed by atoms with Gasteiger partial charge in [-0.3, -0.25) is 4.40 Å². The quantitative estimate of drug-likeness (QED) is 0.792. The number of nitrogens with zero attached hydrogens (tertiary/aromatic N) is 2. The molecular formula is C15H13N3O2. The standard InChI is InChI=1S/C15H13N3O2/c1-2-14-16-6-7-18(14)15(3-1)17-9-11-4-5-12-13(8-11)20-10-19-12/h1-8,17H,9-10H2. The number of imidazole rings is 1. The summed E-state index contributed by atoms with van der Waals surface area (Å²) in [6, 6.07) is 12.0. The van der Waals surface area contributed by atoms with Crippen molar-refractivity contribution in [3.8, 4) is 11.5 Å². The van der Waals surface area contributed by atoms with Gasteiger partial charge in [-0.15, -0.1) is 0 Å². The van der Waals surface area contributed by atoms with Crippen LogP contribution in [0.2, 0.25) is 0 Å². The van der Waals surface area contributed by atoms with Crippen molar-refractivity contribution in [1.29, 1.82) is 0 Å². The molecule has 1 N–H and O–H groups in total. The van der Waals surface area contributed by atoms with Crippen molar-refractivity contribution in [2.75, 3.05) is 12.1 Å². The van der Waals surface area contributed by atoms with Crippen LogP contribution in [0.1, 0.15) is 5.56 Å². The molecule has 0 unspecified atom stereocenters. The first-order valence-electron chi connectivity index (χ1n) is 6.45. The second-order valence-corrected chi connectivity index (χ2v) is 4.61. The molecule has 4 rings (SSSR count). The molecule has 1 aromatic carbocycles. The van der Waals surface area contributed by atoms with Crippen molar-refractivity contribution in [3.63, 3.8) is 0 Å². The Morgan fingerprint density at radius 2 is 2.10 bits per heavy atom. The van der Waals surface area contributed by atoms with Gasteiger partial charge in [0.15, 0.2) is 11.5 Å². The van der Waals surface area contributed by atoms with Gasteiger partial charge in [-0.2, -0.15) is 0 Å². The molecule has 3 heterocycles. The van der Waals surface area contributed by atoms with Crippen molar-refractivity contribution >= 4 is 11.5 Å². The number of aromatic nitrogens is 2. The Balaban J connectivity index is 1.57. The Labute approximate surface area is 115 Å². The van der Waals surface area contributed by atoms with Gasteiger partial charge < -0.3 is 14.8 Å². The number of ether oxygens (including phenoxy) is 2. The zero-order chi connectivity index (χ0) is 13.4. The molecule has 1 aliphatic heterocycles. The molecule has 0 radical (unpaired) electrons. The monoisotopic (exact) mass is 267 g/mol. The van der Waals surface area contributed by atoms with E-state index >= 15 is 0 Å². The lowest BCUT2D eigenvalue weighted by atomic mass is 10.2. The van der Waals surface area contributed by atoms with Gasteiger partial charge in [-0.25, -0.2) is 4.98 Å². The lowest BCUT2D eigenvalue weighted by molar-refractivity contribution is 0.174. The van der Waals surface area contributed by atoms with E-state index in [2.05, 4.69) is 10.3 Å². The van der Waals surface area contributed by atoms with Crippen LogP contribution in [0.3, 0.4) is 0 Å². The Morgan fingerprint density at radius 1 is 1.15 bits per heavy atom. The first-order chi connectivity index (χ1) is 9.90. The van der Waals surface area contributed by atoms with E-state index in [4.69, 9.17) is 9.47 Å².